The highest BCUT2D eigenvalue weighted by atomic mass is 19.1. The smallest absolute Gasteiger partial charge is 0.123 e. The highest BCUT2D eigenvalue weighted by Crippen LogP contribution is 2.34. The molecule has 1 saturated heterocycles. The number of benzene rings is 2. The number of nitrogens with zero attached hydrogens (tertiary/aromatic N) is 4. The zero-order chi connectivity index (χ0) is 17.5. The maximum absolute atomic E-state index is 13.6. The van der Waals surface area contributed by atoms with Crippen LogP contribution in [-0.2, 0) is 17.9 Å². The normalized spacial score (nSPS) is 22.2. The van der Waals surface area contributed by atoms with Gasteiger partial charge in [-0.05, 0) is 17.7 Å². The lowest BCUT2D eigenvalue weighted by molar-refractivity contribution is -0.00494. The summed E-state index contributed by atoms with van der Waals surface area (Å²) in [5.41, 5.74) is 3.68. The first-order valence-corrected chi connectivity index (χ1v) is 8.86. The molecule has 3 aromatic rings. The van der Waals surface area contributed by atoms with Crippen LogP contribution in [0.1, 0.15) is 17.3 Å². The zero-order valence-electron chi connectivity index (χ0n) is 14.3. The second-order valence-corrected chi connectivity index (χ2v) is 6.94. The van der Waals surface area contributed by atoms with E-state index in [0.29, 0.717) is 12.3 Å². The minimum atomic E-state index is -0.270. The highest BCUT2D eigenvalue weighted by Gasteiger charge is 2.40. The van der Waals surface area contributed by atoms with Crippen molar-refractivity contribution in [3.05, 3.63) is 71.7 Å². The summed E-state index contributed by atoms with van der Waals surface area (Å²) in [6.45, 7) is 3.11. The third-order valence-corrected chi connectivity index (χ3v) is 5.20. The molecule has 3 heterocycles. The van der Waals surface area contributed by atoms with E-state index in [1.165, 1.54) is 17.7 Å². The van der Waals surface area contributed by atoms with Gasteiger partial charge < -0.3 is 4.74 Å². The molecule has 0 amide bonds. The topological polar surface area (TPSA) is 43.2 Å². The van der Waals surface area contributed by atoms with Crippen LogP contribution in [0.2, 0.25) is 0 Å². The van der Waals surface area contributed by atoms with E-state index in [0.717, 1.165) is 30.9 Å². The first-order valence-electron chi connectivity index (χ1n) is 8.86. The summed E-state index contributed by atoms with van der Waals surface area (Å²) < 4.78 is 21.7. The Balaban J connectivity index is 1.40. The highest BCUT2D eigenvalue weighted by molar-refractivity contribution is 5.61. The Morgan fingerprint density at radius 1 is 1.08 bits per heavy atom. The van der Waals surface area contributed by atoms with Gasteiger partial charge >= 0.3 is 0 Å². The Bertz CT molecular complexity index is 927. The minimum Gasteiger partial charge on any atom is -0.368 e. The predicted octanol–water partition coefficient (Wildman–Crippen LogP) is 3.04. The summed E-state index contributed by atoms with van der Waals surface area (Å²) in [5.74, 6) is -0.270. The van der Waals surface area contributed by atoms with Crippen LogP contribution in [0.5, 0.6) is 0 Å². The summed E-state index contributed by atoms with van der Waals surface area (Å²) in [5, 5.41) is 8.71. The minimum absolute atomic E-state index is 0.119. The lowest BCUT2D eigenvalue weighted by Crippen LogP contribution is -2.32. The first kappa shape index (κ1) is 15.7. The van der Waals surface area contributed by atoms with Crippen molar-refractivity contribution in [2.75, 3.05) is 13.1 Å². The molecule has 0 bridgehead atoms. The maximum atomic E-state index is 13.6. The van der Waals surface area contributed by atoms with Gasteiger partial charge in [-0.1, -0.05) is 47.7 Å². The van der Waals surface area contributed by atoms with E-state index in [1.54, 1.807) is 6.07 Å². The lowest BCUT2D eigenvalue weighted by atomic mass is 10.1. The van der Waals surface area contributed by atoms with E-state index < -0.39 is 0 Å². The van der Waals surface area contributed by atoms with Crippen molar-refractivity contribution in [2.45, 2.75) is 25.3 Å². The molecule has 5 rings (SSSR count). The molecule has 0 aliphatic carbocycles. The van der Waals surface area contributed by atoms with Crippen LogP contribution < -0.4 is 0 Å². The van der Waals surface area contributed by atoms with E-state index in [1.807, 2.05) is 16.8 Å². The van der Waals surface area contributed by atoms with Crippen molar-refractivity contribution in [1.82, 2.24) is 19.9 Å². The third kappa shape index (κ3) is 2.71. The molecular formula is C20H19FN4O. The second-order valence-electron chi connectivity index (χ2n) is 6.94. The Morgan fingerprint density at radius 3 is 2.81 bits per heavy atom. The molecule has 132 valence electrons. The largest absolute Gasteiger partial charge is 0.368 e. The molecule has 0 spiro atoms. The van der Waals surface area contributed by atoms with Gasteiger partial charge in [0.2, 0.25) is 0 Å². The third-order valence-electron chi connectivity index (χ3n) is 5.20. The van der Waals surface area contributed by atoms with E-state index >= 15 is 0 Å². The van der Waals surface area contributed by atoms with Crippen molar-refractivity contribution < 1.29 is 9.13 Å². The van der Waals surface area contributed by atoms with Gasteiger partial charge in [0, 0.05) is 25.2 Å². The van der Waals surface area contributed by atoms with Crippen LogP contribution in [0.4, 0.5) is 4.39 Å². The summed E-state index contributed by atoms with van der Waals surface area (Å²) in [6, 6.07) is 17.1. The zero-order valence-corrected chi connectivity index (χ0v) is 14.3. The molecule has 2 atom stereocenters. The van der Waals surface area contributed by atoms with Crippen LogP contribution in [0.3, 0.4) is 0 Å². The molecule has 26 heavy (non-hydrogen) atoms. The quantitative estimate of drug-likeness (QED) is 0.728. The van der Waals surface area contributed by atoms with Crippen molar-refractivity contribution in [3.63, 3.8) is 0 Å². The number of aromatic nitrogens is 3. The van der Waals surface area contributed by atoms with E-state index in [2.05, 4.69) is 39.5 Å². The number of fused-ring (bicyclic) bond motifs is 3. The number of hydrogen-bond acceptors (Lipinski definition) is 4. The van der Waals surface area contributed by atoms with Crippen LogP contribution in [0.15, 0.2) is 54.6 Å². The molecule has 0 N–H and O–H groups in total. The number of hydrogen-bond donors (Lipinski definition) is 0. The molecule has 1 unspecified atom stereocenters. The van der Waals surface area contributed by atoms with Crippen molar-refractivity contribution in [2.24, 2.45) is 0 Å². The molecule has 2 aliphatic rings. The fourth-order valence-corrected chi connectivity index (χ4v) is 3.96. The van der Waals surface area contributed by atoms with Crippen LogP contribution in [-0.4, -0.2) is 39.1 Å². The molecule has 5 nitrogen and oxygen atoms in total. The molecule has 0 radical (unpaired) electrons. The monoisotopic (exact) mass is 350 g/mol. The number of likely N-dealkylation sites (tertiary alicyclic amines) is 1. The van der Waals surface area contributed by atoms with E-state index in [-0.39, 0.29) is 18.0 Å². The molecule has 0 saturated carbocycles. The average molecular weight is 350 g/mol. The second kappa shape index (κ2) is 6.30. The predicted molar refractivity (Wildman–Crippen MR) is 94.7 cm³/mol. The van der Waals surface area contributed by atoms with E-state index in [9.17, 15) is 4.39 Å². The van der Waals surface area contributed by atoms with Crippen molar-refractivity contribution in [3.8, 4) is 11.3 Å². The van der Waals surface area contributed by atoms with Crippen molar-refractivity contribution >= 4 is 0 Å². The average Bonchev–Trinajstić information content (AvgIpc) is 3.25. The Kier molecular flexibility index (Phi) is 3.80. The Labute approximate surface area is 151 Å². The summed E-state index contributed by atoms with van der Waals surface area (Å²) >= 11 is 0. The fourth-order valence-electron chi connectivity index (χ4n) is 3.96. The number of halogens is 1. The molecule has 2 aromatic carbocycles. The van der Waals surface area contributed by atoms with Crippen LogP contribution in [0, 0.1) is 5.82 Å². The Hall–Kier alpha value is -2.57. The van der Waals surface area contributed by atoms with Gasteiger partial charge in [0.25, 0.3) is 0 Å². The van der Waals surface area contributed by atoms with Crippen LogP contribution >= 0.6 is 0 Å². The van der Waals surface area contributed by atoms with Gasteiger partial charge in [-0.2, -0.15) is 0 Å². The van der Waals surface area contributed by atoms with Gasteiger partial charge in [-0.15, -0.1) is 5.10 Å². The molecule has 1 fully saturated rings. The SMILES string of the molecule is Fc1cccc(-c2nnn3c2COC2CN(Cc4ccccc4)C[C@H]23)c1. The number of rotatable bonds is 3. The first-order chi connectivity index (χ1) is 12.8. The van der Waals surface area contributed by atoms with Gasteiger partial charge in [0.05, 0.1) is 24.4 Å². The summed E-state index contributed by atoms with van der Waals surface area (Å²) in [6.07, 6.45) is 0.119. The van der Waals surface area contributed by atoms with Gasteiger partial charge in [0.1, 0.15) is 11.5 Å². The molecule has 1 aromatic heterocycles. The Morgan fingerprint density at radius 2 is 1.96 bits per heavy atom. The van der Waals surface area contributed by atoms with Crippen LogP contribution in [0.25, 0.3) is 11.3 Å². The number of ether oxygens (including phenoxy) is 1. The maximum Gasteiger partial charge on any atom is 0.123 e. The fraction of sp³-hybridized carbons (Fsp3) is 0.300. The molecular weight excluding hydrogens is 331 g/mol. The van der Waals surface area contributed by atoms with Gasteiger partial charge in [-0.25, -0.2) is 9.07 Å². The summed E-state index contributed by atoms with van der Waals surface area (Å²) in [4.78, 5) is 2.39. The molecule has 2 aliphatic heterocycles. The van der Waals surface area contributed by atoms with Crippen molar-refractivity contribution in [1.29, 1.82) is 0 Å². The summed E-state index contributed by atoms with van der Waals surface area (Å²) in [7, 11) is 0. The van der Waals surface area contributed by atoms with Gasteiger partial charge in [0.15, 0.2) is 0 Å². The standard InChI is InChI=1S/C20H19FN4O/c21-16-8-4-7-15(9-16)20-18-13-26-19-12-24(10-14-5-2-1-3-6-14)11-17(19)25(18)23-22-20/h1-9,17,19H,10-13H2/t17-,19?/m1/s1. The van der Waals surface area contributed by atoms with Gasteiger partial charge in [-0.3, -0.25) is 4.90 Å². The lowest BCUT2D eigenvalue weighted by Gasteiger charge is -2.26. The van der Waals surface area contributed by atoms with E-state index in [4.69, 9.17) is 4.74 Å². The molecule has 6 heteroatoms.